The molecule has 1 fully saturated rings. The third-order valence-corrected chi connectivity index (χ3v) is 4.14. The highest BCUT2D eigenvalue weighted by molar-refractivity contribution is 5.30. The van der Waals surface area contributed by atoms with Crippen LogP contribution in [0.1, 0.15) is 38.2 Å². The summed E-state index contributed by atoms with van der Waals surface area (Å²) in [5, 5.41) is 10.7. The zero-order valence-electron chi connectivity index (χ0n) is 11.1. The standard InChI is InChI=1S/C15H21FO2/c1-11-5-3-4-8-15(11,17)10-12-6-7-14(18-2)13(16)9-12/h6-7,9,11,17H,3-5,8,10H2,1-2H3. The molecule has 2 unspecified atom stereocenters. The predicted octanol–water partition coefficient (Wildman–Crippen LogP) is 3.32. The molecule has 1 aliphatic carbocycles. The minimum atomic E-state index is -0.681. The van der Waals surface area contributed by atoms with Gasteiger partial charge < -0.3 is 9.84 Å². The van der Waals surface area contributed by atoms with E-state index in [4.69, 9.17) is 4.74 Å². The third-order valence-electron chi connectivity index (χ3n) is 4.14. The third kappa shape index (κ3) is 2.66. The molecule has 0 spiro atoms. The summed E-state index contributed by atoms with van der Waals surface area (Å²) in [6.07, 6.45) is 4.62. The van der Waals surface area contributed by atoms with Crippen molar-refractivity contribution in [2.45, 2.75) is 44.6 Å². The van der Waals surface area contributed by atoms with Crippen molar-refractivity contribution in [3.8, 4) is 5.75 Å². The van der Waals surface area contributed by atoms with Gasteiger partial charge >= 0.3 is 0 Å². The summed E-state index contributed by atoms with van der Waals surface area (Å²) in [4.78, 5) is 0. The van der Waals surface area contributed by atoms with E-state index in [1.54, 1.807) is 6.07 Å². The molecule has 0 radical (unpaired) electrons. The van der Waals surface area contributed by atoms with Crippen LogP contribution >= 0.6 is 0 Å². The summed E-state index contributed by atoms with van der Waals surface area (Å²) < 4.78 is 18.5. The Hall–Kier alpha value is -1.09. The van der Waals surface area contributed by atoms with Crippen molar-refractivity contribution >= 4 is 0 Å². The van der Waals surface area contributed by atoms with Gasteiger partial charge in [0.15, 0.2) is 11.6 Å². The molecule has 0 saturated heterocycles. The molecular weight excluding hydrogens is 231 g/mol. The van der Waals surface area contributed by atoms with Gasteiger partial charge in [0.2, 0.25) is 0 Å². The second-order valence-electron chi connectivity index (χ2n) is 5.40. The number of halogens is 1. The summed E-state index contributed by atoms with van der Waals surface area (Å²) in [5.74, 6) is 0.168. The van der Waals surface area contributed by atoms with E-state index < -0.39 is 5.60 Å². The van der Waals surface area contributed by atoms with E-state index in [1.807, 2.05) is 6.07 Å². The monoisotopic (exact) mass is 252 g/mol. The van der Waals surface area contributed by atoms with E-state index >= 15 is 0 Å². The zero-order valence-corrected chi connectivity index (χ0v) is 11.1. The van der Waals surface area contributed by atoms with Gasteiger partial charge in [-0.05, 0) is 36.5 Å². The molecule has 2 rings (SSSR count). The molecule has 1 aromatic rings. The highest BCUT2D eigenvalue weighted by Crippen LogP contribution is 2.36. The fraction of sp³-hybridized carbons (Fsp3) is 0.600. The van der Waals surface area contributed by atoms with Crippen LogP contribution in [0.4, 0.5) is 4.39 Å². The zero-order chi connectivity index (χ0) is 13.2. The average Bonchev–Trinajstić information content (AvgIpc) is 2.33. The van der Waals surface area contributed by atoms with Crippen molar-refractivity contribution in [1.82, 2.24) is 0 Å². The average molecular weight is 252 g/mol. The number of rotatable bonds is 3. The van der Waals surface area contributed by atoms with E-state index in [2.05, 4.69) is 6.92 Å². The Morgan fingerprint density at radius 2 is 2.22 bits per heavy atom. The summed E-state index contributed by atoms with van der Waals surface area (Å²) >= 11 is 0. The fourth-order valence-electron chi connectivity index (χ4n) is 2.83. The Labute approximate surface area is 108 Å². The van der Waals surface area contributed by atoms with Gasteiger partial charge in [0, 0.05) is 6.42 Å². The lowest BCUT2D eigenvalue weighted by Crippen LogP contribution is -2.41. The molecule has 2 nitrogen and oxygen atoms in total. The van der Waals surface area contributed by atoms with Crippen molar-refractivity contribution in [3.63, 3.8) is 0 Å². The lowest BCUT2D eigenvalue weighted by molar-refractivity contribution is -0.0405. The van der Waals surface area contributed by atoms with Crippen molar-refractivity contribution < 1.29 is 14.2 Å². The number of aliphatic hydroxyl groups is 1. The Morgan fingerprint density at radius 3 is 2.83 bits per heavy atom. The van der Waals surface area contributed by atoms with Crippen LogP contribution in [0.25, 0.3) is 0 Å². The number of hydrogen-bond acceptors (Lipinski definition) is 2. The van der Waals surface area contributed by atoms with Gasteiger partial charge in [-0.25, -0.2) is 4.39 Å². The molecule has 3 heteroatoms. The van der Waals surface area contributed by atoms with Gasteiger partial charge in [0.05, 0.1) is 12.7 Å². The summed E-state index contributed by atoms with van der Waals surface area (Å²) in [6.45, 7) is 2.08. The van der Waals surface area contributed by atoms with Crippen LogP contribution in [0, 0.1) is 11.7 Å². The van der Waals surface area contributed by atoms with Crippen LogP contribution in [-0.2, 0) is 6.42 Å². The van der Waals surface area contributed by atoms with Crippen molar-refractivity contribution in [2.24, 2.45) is 5.92 Å². The highest BCUT2D eigenvalue weighted by atomic mass is 19.1. The van der Waals surface area contributed by atoms with Crippen LogP contribution in [0.3, 0.4) is 0 Å². The SMILES string of the molecule is COc1ccc(CC2(O)CCCCC2C)cc1F. The number of hydrogen-bond donors (Lipinski definition) is 1. The molecular formula is C15H21FO2. The molecule has 2 atom stereocenters. The minimum absolute atomic E-state index is 0.252. The van der Waals surface area contributed by atoms with E-state index in [9.17, 15) is 9.50 Å². The second kappa shape index (κ2) is 5.27. The van der Waals surface area contributed by atoms with E-state index in [1.165, 1.54) is 19.6 Å². The van der Waals surface area contributed by atoms with Gasteiger partial charge in [0.25, 0.3) is 0 Å². The molecule has 0 heterocycles. The minimum Gasteiger partial charge on any atom is -0.494 e. The van der Waals surface area contributed by atoms with Crippen LogP contribution in [0.2, 0.25) is 0 Å². The van der Waals surface area contributed by atoms with Crippen LogP contribution < -0.4 is 4.74 Å². The fourth-order valence-corrected chi connectivity index (χ4v) is 2.83. The molecule has 1 aromatic carbocycles. The van der Waals surface area contributed by atoms with Crippen LogP contribution in [-0.4, -0.2) is 17.8 Å². The molecule has 1 saturated carbocycles. The molecule has 1 N–H and O–H groups in total. The molecule has 18 heavy (non-hydrogen) atoms. The predicted molar refractivity (Wildman–Crippen MR) is 69.2 cm³/mol. The Balaban J connectivity index is 2.15. The molecule has 0 bridgehead atoms. The first-order valence-corrected chi connectivity index (χ1v) is 6.60. The Morgan fingerprint density at radius 1 is 1.44 bits per heavy atom. The number of ether oxygens (including phenoxy) is 1. The lowest BCUT2D eigenvalue weighted by atomic mass is 9.73. The largest absolute Gasteiger partial charge is 0.494 e. The van der Waals surface area contributed by atoms with Crippen molar-refractivity contribution in [2.75, 3.05) is 7.11 Å². The second-order valence-corrected chi connectivity index (χ2v) is 5.40. The summed E-state index contributed by atoms with van der Waals surface area (Å²) in [6, 6.07) is 4.93. The first-order chi connectivity index (χ1) is 8.55. The van der Waals surface area contributed by atoms with Crippen molar-refractivity contribution in [1.29, 1.82) is 0 Å². The van der Waals surface area contributed by atoms with E-state index in [-0.39, 0.29) is 17.5 Å². The topological polar surface area (TPSA) is 29.5 Å². The molecule has 0 aromatic heterocycles. The van der Waals surface area contributed by atoms with E-state index in [0.717, 1.165) is 24.8 Å². The van der Waals surface area contributed by atoms with Crippen molar-refractivity contribution in [3.05, 3.63) is 29.6 Å². The normalized spacial score (nSPS) is 28.1. The highest BCUT2D eigenvalue weighted by Gasteiger charge is 2.36. The van der Waals surface area contributed by atoms with Gasteiger partial charge in [-0.2, -0.15) is 0 Å². The maximum absolute atomic E-state index is 13.6. The Kier molecular flexibility index (Phi) is 3.91. The quantitative estimate of drug-likeness (QED) is 0.894. The van der Waals surface area contributed by atoms with Crippen LogP contribution in [0.15, 0.2) is 18.2 Å². The smallest absolute Gasteiger partial charge is 0.165 e. The Bertz CT molecular complexity index is 419. The summed E-state index contributed by atoms with van der Waals surface area (Å²) in [5.41, 5.74) is 0.156. The summed E-state index contributed by atoms with van der Waals surface area (Å²) in [7, 11) is 1.45. The lowest BCUT2D eigenvalue weighted by Gasteiger charge is -2.38. The number of benzene rings is 1. The molecule has 1 aliphatic rings. The molecule has 100 valence electrons. The first kappa shape index (κ1) is 13.3. The molecule has 0 aliphatic heterocycles. The van der Waals surface area contributed by atoms with Crippen LogP contribution in [0.5, 0.6) is 5.75 Å². The first-order valence-electron chi connectivity index (χ1n) is 6.60. The maximum Gasteiger partial charge on any atom is 0.165 e. The van der Waals surface area contributed by atoms with Gasteiger partial charge in [-0.15, -0.1) is 0 Å². The molecule has 0 amide bonds. The van der Waals surface area contributed by atoms with Gasteiger partial charge in [0.1, 0.15) is 0 Å². The van der Waals surface area contributed by atoms with Gasteiger partial charge in [-0.1, -0.05) is 25.8 Å². The maximum atomic E-state index is 13.6. The van der Waals surface area contributed by atoms with Gasteiger partial charge in [-0.3, -0.25) is 0 Å². The number of methoxy groups -OCH3 is 1. The van der Waals surface area contributed by atoms with E-state index in [0.29, 0.717) is 6.42 Å².